The highest BCUT2D eigenvalue weighted by Crippen LogP contribution is 2.60. The molecule has 0 aromatic heterocycles. The Morgan fingerprint density at radius 2 is 2.07 bits per heavy atom. The molecule has 27 heavy (non-hydrogen) atoms. The fourth-order valence-electron chi connectivity index (χ4n) is 5.39. The van der Waals surface area contributed by atoms with Crippen LogP contribution in [0.2, 0.25) is 0 Å². The van der Waals surface area contributed by atoms with Crippen LogP contribution in [0.4, 0.5) is 0 Å². The number of fused-ring (bicyclic) bond motifs is 3. The number of hydrogen-bond donors (Lipinski definition) is 1. The second-order valence-corrected chi connectivity index (χ2v) is 8.88. The number of carbonyl (C=O) groups excluding carboxylic acids is 1. The molecule has 2 fully saturated rings. The van der Waals surface area contributed by atoms with Crippen molar-refractivity contribution in [3.8, 4) is 0 Å². The van der Waals surface area contributed by atoms with Gasteiger partial charge in [0.15, 0.2) is 5.54 Å². The Morgan fingerprint density at radius 1 is 1.33 bits per heavy atom. The highest BCUT2D eigenvalue weighted by molar-refractivity contribution is 9.10. The lowest BCUT2D eigenvalue weighted by atomic mass is 9.61. The smallest absolute Gasteiger partial charge is 0.259 e. The molecule has 1 aromatic carbocycles. The van der Waals surface area contributed by atoms with Gasteiger partial charge in [0.05, 0.1) is 19.3 Å². The maximum absolute atomic E-state index is 13.8. The van der Waals surface area contributed by atoms with Crippen molar-refractivity contribution in [1.82, 2.24) is 10.2 Å². The van der Waals surface area contributed by atoms with Gasteiger partial charge in [-0.15, -0.1) is 0 Å². The molecule has 2 aliphatic carbocycles. The van der Waals surface area contributed by atoms with E-state index in [2.05, 4.69) is 46.0 Å². The van der Waals surface area contributed by atoms with E-state index in [-0.39, 0.29) is 17.4 Å². The van der Waals surface area contributed by atoms with E-state index in [1.165, 1.54) is 5.56 Å². The van der Waals surface area contributed by atoms with Gasteiger partial charge in [-0.3, -0.25) is 9.69 Å². The van der Waals surface area contributed by atoms with Crippen LogP contribution in [-0.4, -0.2) is 44.3 Å². The Morgan fingerprint density at radius 3 is 2.74 bits per heavy atom. The summed E-state index contributed by atoms with van der Waals surface area (Å²) < 4.78 is 11.8. The average Bonchev–Trinajstić information content (AvgIpc) is 3.07. The summed E-state index contributed by atoms with van der Waals surface area (Å²) in [5.74, 6) is 0.787. The number of amides is 1. The highest BCUT2D eigenvalue weighted by atomic mass is 79.9. The van der Waals surface area contributed by atoms with Crippen molar-refractivity contribution >= 4 is 21.8 Å². The number of ether oxygens (including phenoxy) is 2. The number of hydrogen-bond acceptors (Lipinski definition) is 4. The maximum Gasteiger partial charge on any atom is 0.259 e. The molecule has 1 atom stereocenters. The molecule has 5 nitrogen and oxygen atoms in total. The maximum atomic E-state index is 13.8. The number of benzene rings is 1. The standard InChI is InChI=1S/C21H27BrN2O3/c1-14-23-21(19(25)24(14)10-11-26-2)18-12-16(22)5-4-15(18)13-20(21)8-6-17(27-3)7-9-20/h4-5,12,17,23H,1,6-11,13H2,2-3H3. The molecule has 1 N–H and O–H groups in total. The average molecular weight is 435 g/mol. The zero-order valence-electron chi connectivity index (χ0n) is 16.0. The van der Waals surface area contributed by atoms with Crippen molar-refractivity contribution in [2.24, 2.45) is 5.41 Å². The lowest BCUT2D eigenvalue weighted by Gasteiger charge is -2.46. The Kier molecular flexibility index (Phi) is 4.85. The molecule has 1 heterocycles. The molecular formula is C21H27BrN2O3. The summed E-state index contributed by atoms with van der Waals surface area (Å²) in [4.78, 5) is 15.6. The van der Waals surface area contributed by atoms with Crippen molar-refractivity contribution in [1.29, 1.82) is 0 Å². The third-order valence-corrected chi connectivity index (χ3v) is 7.26. The van der Waals surface area contributed by atoms with Crippen LogP contribution in [0.5, 0.6) is 0 Å². The van der Waals surface area contributed by atoms with Gasteiger partial charge in [0.25, 0.3) is 5.91 Å². The van der Waals surface area contributed by atoms with Crippen molar-refractivity contribution in [2.45, 2.75) is 43.7 Å². The van der Waals surface area contributed by atoms with Crippen LogP contribution in [0, 0.1) is 5.41 Å². The van der Waals surface area contributed by atoms with Gasteiger partial charge in [-0.05, 0) is 55.4 Å². The molecule has 6 heteroatoms. The van der Waals surface area contributed by atoms with Crippen LogP contribution in [0.15, 0.2) is 35.1 Å². The predicted molar refractivity (Wildman–Crippen MR) is 107 cm³/mol. The second-order valence-electron chi connectivity index (χ2n) is 7.96. The van der Waals surface area contributed by atoms with Crippen LogP contribution in [0.25, 0.3) is 0 Å². The summed E-state index contributed by atoms with van der Waals surface area (Å²) in [6.45, 7) is 5.17. The first kappa shape index (κ1) is 19.0. The van der Waals surface area contributed by atoms with Gasteiger partial charge >= 0.3 is 0 Å². The molecule has 1 aliphatic heterocycles. The van der Waals surface area contributed by atoms with Crippen molar-refractivity contribution in [3.63, 3.8) is 0 Å². The number of rotatable bonds is 4. The highest BCUT2D eigenvalue weighted by Gasteiger charge is 2.66. The summed E-state index contributed by atoms with van der Waals surface area (Å²) in [5, 5.41) is 3.58. The molecule has 146 valence electrons. The number of halogens is 1. The molecular weight excluding hydrogens is 408 g/mol. The molecule has 0 radical (unpaired) electrons. The summed E-state index contributed by atoms with van der Waals surface area (Å²) in [6, 6.07) is 6.35. The molecule has 1 amide bonds. The Balaban J connectivity index is 1.80. The first-order valence-corrected chi connectivity index (χ1v) is 10.4. The van der Waals surface area contributed by atoms with Crippen LogP contribution < -0.4 is 5.32 Å². The predicted octanol–water partition coefficient (Wildman–Crippen LogP) is 3.33. The molecule has 4 rings (SSSR count). The van der Waals surface area contributed by atoms with Crippen LogP contribution in [0.3, 0.4) is 0 Å². The fraction of sp³-hybridized carbons (Fsp3) is 0.571. The monoisotopic (exact) mass is 434 g/mol. The largest absolute Gasteiger partial charge is 0.383 e. The number of methoxy groups -OCH3 is 2. The summed E-state index contributed by atoms with van der Waals surface area (Å²) in [6.07, 6.45) is 5.08. The van der Waals surface area contributed by atoms with Crippen LogP contribution in [-0.2, 0) is 26.2 Å². The van der Waals surface area contributed by atoms with Crippen molar-refractivity contribution < 1.29 is 14.3 Å². The van der Waals surface area contributed by atoms with E-state index in [1.54, 1.807) is 19.1 Å². The molecule has 1 saturated heterocycles. The normalized spacial score (nSPS) is 32.4. The summed E-state index contributed by atoms with van der Waals surface area (Å²) >= 11 is 3.61. The third kappa shape index (κ3) is 2.68. The quantitative estimate of drug-likeness (QED) is 0.789. The van der Waals surface area contributed by atoms with Crippen LogP contribution in [0.1, 0.15) is 36.8 Å². The number of nitrogens with zero attached hydrogens (tertiary/aromatic N) is 1. The van der Waals surface area contributed by atoms with E-state index in [0.29, 0.717) is 19.0 Å². The van der Waals surface area contributed by atoms with E-state index < -0.39 is 5.54 Å². The van der Waals surface area contributed by atoms with Gasteiger partial charge in [-0.2, -0.15) is 0 Å². The minimum absolute atomic E-state index is 0.109. The molecule has 1 aromatic rings. The van der Waals surface area contributed by atoms with E-state index in [4.69, 9.17) is 9.47 Å². The Labute approximate surface area is 169 Å². The van der Waals surface area contributed by atoms with Gasteiger partial charge in [-0.1, -0.05) is 28.6 Å². The molecule has 0 bridgehead atoms. The van der Waals surface area contributed by atoms with Gasteiger partial charge < -0.3 is 14.8 Å². The van der Waals surface area contributed by atoms with Crippen molar-refractivity contribution in [3.05, 3.63) is 46.2 Å². The summed E-state index contributed by atoms with van der Waals surface area (Å²) in [7, 11) is 3.44. The SMILES string of the molecule is C=C1NC2(C(=O)N1CCOC)c1cc(Br)ccc1CC21CCC(OC)CC1. The minimum atomic E-state index is -0.740. The number of nitrogens with one attached hydrogen (secondary N) is 1. The minimum Gasteiger partial charge on any atom is -0.383 e. The lowest BCUT2D eigenvalue weighted by Crippen LogP contribution is -2.56. The van der Waals surface area contributed by atoms with Gasteiger partial charge in [0, 0.05) is 24.1 Å². The van der Waals surface area contributed by atoms with E-state index in [9.17, 15) is 4.79 Å². The zero-order chi connectivity index (χ0) is 19.2. The molecule has 1 saturated carbocycles. The van der Waals surface area contributed by atoms with E-state index in [1.807, 2.05) is 0 Å². The van der Waals surface area contributed by atoms with Gasteiger partial charge in [-0.25, -0.2) is 0 Å². The molecule has 3 aliphatic rings. The lowest BCUT2D eigenvalue weighted by molar-refractivity contribution is -0.139. The van der Waals surface area contributed by atoms with Crippen LogP contribution >= 0.6 is 15.9 Å². The Hall–Kier alpha value is -1.37. The van der Waals surface area contributed by atoms with Gasteiger partial charge in [0.1, 0.15) is 5.82 Å². The Bertz CT molecular complexity index is 773. The van der Waals surface area contributed by atoms with Gasteiger partial charge in [0.2, 0.25) is 0 Å². The second kappa shape index (κ2) is 6.90. The topological polar surface area (TPSA) is 50.8 Å². The fourth-order valence-corrected chi connectivity index (χ4v) is 5.75. The zero-order valence-corrected chi connectivity index (χ0v) is 17.6. The third-order valence-electron chi connectivity index (χ3n) is 6.77. The first-order valence-electron chi connectivity index (χ1n) is 9.57. The molecule has 2 spiro atoms. The van der Waals surface area contributed by atoms with E-state index >= 15 is 0 Å². The van der Waals surface area contributed by atoms with Crippen molar-refractivity contribution in [2.75, 3.05) is 27.4 Å². The summed E-state index contributed by atoms with van der Waals surface area (Å²) in [5.41, 5.74) is 1.47. The molecule has 1 unspecified atom stereocenters. The van der Waals surface area contributed by atoms with E-state index in [0.717, 1.165) is 42.1 Å². The first-order chi connectivity index (χ1) is 13.0. The number of carbonyl (C=O) groups is 1.